The smallest absolute Gasteiger partial charge is 0.106 e. The summed E-state index contributed by atoms with van der Waals surface area (Å²) >= 11 is 6.22. The lowest BCUT2D eigenvalue weighted by atomic mass is 10.00. The molecule has 0 spiro atoms. The molecule has 2 aromatic rings. The van der Waals surface area contributed by atoms with E-state index in [1.54, 1.807) is 6.21 Å². The van der Waals surface area contributed by atoms with Crippen LogP contribution in [-0.2, 0) is 4.84 Å². The largest absolute Gasteiger partial charge is 0.399 e. The monoisotopic (exact) mass is 259 g/mol. The quantitative estimate of drug-likeness (QED) is 0.595. The lowest BCUT2D eigenvalue weighted by molar-refractivity contribution is 0.215. The Balaban J connectivity index is 2.41. The summed E-state index contributed by atoms with van der Waals surface area (Å²) in [5.74, 6) is 0. The molecule has 2 rings (SSSR count). The number of halogens is 1. The highest BCUT2D eigenvalue weighted by Crippen LogP contribution is 2.27. The van der Waals surface area contributed by atoms with Crippen molar-refractivity contribution in [3.63, 3.8) is 0 Å². The van der Waals surface area contributed by atoms with Gasteiger partial charge in [0.25, 0.3) is 0 Å². The van der Waals surface area contributed by atoms with Gasteiger partial charge in [-0.1, -0.05) is 53.2 Å². The van der Waals surface area contributed by atoms with Crippen molar-refractivity contribution in [1.82, 2.24) is 0 Å². The highest BCUT2D eigenvalue weighted by atomic mass is 35.5. The predicted octanol–water partition coefficient (Wildman–Crippen LogP) is 4.30. The van der Waals surface area contributed by atoms with Crippen molar-refractivity contribution in [2.24, 2.45) is 5.16 Å². The third-order valence-electron chi connectivity index (χ3n) is 2.75. The van der Waals surface area contributed by atoms with Crippen LogP contribution in [-0.4, -0.2) is 13.3 Å². The maximum absolute atomic E-state index is 6.22. The number of aryl methyl sites for hydroxylation is 1. The first-order chi connectivity index (χ1) is 8.72. The average molecular weight is 260 g/mol. The van der Waals surface area contributed by atoms with Crippen LogP contribution in [0.5, 0.6) is 0 Å². The molecule has 0 aromatic heterocycles. The lowest BCUT2D eigenvalue weighted by Crippen LogP contribution is -1.87. The third kappa shape index (κ3) is 2.71. The van der Waals surface area contributed by atoms with E-state index in [2.05, 4.69) is 29.0 Å². The van der Waals surface area contributed by atoms with Crippen LogP contribution >= 0.6 is 11.6 Å². The second-order valence-corrected chi connectivity index (χ2v) is 4.38. The van der Waals surface area contributed by atoms with E-state index < -0.39 is 0 Å². The average Bonchev–Trinajstić information content (AvgIpc) is 2.38. The molecule has 92 valence electrons. The Bertz CT molecular complexity index is 578. The molecule has 0 radical (unpaired) electrons. The van der Waals surface area contributed by atoms with Crippen LogP contribution in [0.1, 0.15) is 11.1 Å². The van der Waals surface area contributed by atoms with Crippen molar-refractivity contribution >= 4 is 17.8 Å². The molecule has 0 N–H and O–H groups in total. The summed E-state index contributed by atoms with van der Waals surface area (Å²) in [5.41, 5.74) is 4.37. The van der Waals surface area contributed by atoms with Gasteiger partial charge in [0.05, 0.1) is 11.2 Å². The molecule has 2 nitrogen and oxygen atoms in total. The summed E-state index contributed by atoms with van der Waals surface area (Å²) in [6.45, 7) is 2.09. The molecule has 18 heavy (non-hydrogen) atoms. The van der Waals surface area contributed by atoms with Crippen LogP contribution in [0.4, 0.5) is 0 Å². The molecular formula is C15H14ClNO. The summed E-state index contributed by atoms with van der Waals surface area (Å²) < 4.78 is 0. The second-order valence-electron chi connectivity index (χ2n) is 3.97. The van der Waals surface area contributed by atoms with Crippen molar-refractivity contribution in [2.75, 3.05) is 7.11 Å². The van der Waals surface area contributed by atoms with E-state index in [4.69, 9.17) is 11.6 Å². The molecule has 3 heteroatoms. The SMILES string of the molecule is CO/N=C/c1ccc(-c2ccccc2C)cc1Cl. The van der Waals surface area contributed by atoms with Gasteiger partial charge < -0.3 is 4.84 Å². The van der Waals surface area contributed by atoms with Crippen LogP contribution in [0.3, 0.4) is 0 Å². The number of hydrogen-bond donors (Lipinski definition) is 0. The molecule has 0 saturated heterocycles. The fraction of sp³-hybridized carbons (Fsp3) is 0.133. The summed E-state index contributed by atoms with van der Waals surface area (Å²) in [4.78, 5) is 4.65. The van der Waals surface area contributed by atoms with E-state index in [9.17, 15) is 0 Å². The summed E-state index contributed by atoms with van der Waals surface area (Å²) in [6, 6.07) is 14.1. The van der Waals surface area contributed by atoms with E-state index in [-0.39, 0.29) is 0 Å². The standard InChI is InChI=1S/C15H14ClNO/c1-11-5-3-4-6-14(11)12-7-8-13(10-17-18-2)15(16)9-12/h3-10H,1-2H3/b17-10+. The molecule has 0 bridgehead atoms. The van der Waals surface area contributed by atoms with Gasteiger partial charge in [0.15, 0.2) is 0 Å². The van der Waals surface area contributed by atoms with Gasteiger partial charge in [-0.05, 0) is 29.7 Å². The minimum Gasteiger partial charge on any atom is -0.399 e. The van der Waals surface area contributed by atoms with Crippen LogP contribution in [0, 0.1) is 6.92 Å². The number of oxime groups is 1. The van der Waals surface area contributed by atoms with E-state index in [0.717, 1.165) is 11.1 Å². The molecule has 0 fully saturated rings. The van der Waals surface area contributed by atoms with Crippen LogP contribution in [0.15, 0.2) is 47.6 Å². The summed E-state index contributed by atoms with van der Waals surface area (Å²) in [5, 5.41) is 4.38. The molecule has 0 atom stereocenters. The molecule has 0 saturated carbocycles. The molecule has 0 unspecified atom stereocenters. The Morgan fingerprint density at radius 1 is 1.17 bits per heavy atom. The van der Waals surface area contributed by atoms with E-state index >= 15 is 0 Å². The Morgan fingerprint density at radius 3 is 2.61 bits per heavy atom. The number of hydrogen-bond acceptors (Lipinski definition) is 2. The molecule has 0 heterocycles. The third-order valence-corrected chi connectivity index (χ3v) is 3.08. The van der Waals surface area contributed by atoms with E-state index in [1.807, 2.05) is 30.3 Å². The first kappa shape index (κ1) is 12.7. The van der Waals surface area contributed by atoms with Gasteiger partial charge in [0.1, 0.15) is 7.11 Å². The maximum Gasteiger partial charge on any atom is 0.106 e. The lowest BCUT2D eigenvalue weighted by Gasteiger charge is -2.07. The van der Waals surface area contributed by atoms with Gasteiger partial charge >= 0.3 is 0 Å². The van der Waals surface area contributed by atoms with Crippen LogP contribution in [0.25, 0.3) is 11.1 Å². The normalized spacial score (nSPS) is 10.8. The number of rotatable bonds is 3. The van der Waals surface area contributed by atoms with E-state index in [1.165, 1.54) is 18.2 Å². The van der Waals surface area contributed by atoms with Crippen LogP contribution in [0.2, 0.25) is 5.02 Å². The van der Waals surface area contributed by atoms with Crippen molar-refractivity contribution in [3.8, 4) is 11.1 Å². The van der Waals surface area contributed by atoms with Crippen molar-refractivity contribution in [3.05, 3.63) is 58.6 Å². The fourth-order valence-corrected chi connectivity index (χ4v) is 2.03. The second kappa shape index (κ2) is 5.69. The van der Waals surface area contributed by atoms with Crippen molar-refractivity contribution in [1.29, 1.82) is 0 Å². The van der Waals surface area contributed by atoms with Gasteiger partial charge in [-0.3, -0.25) is 0 Å². The van der Waals surface area contributed by atoms with Gasteiger partial charge in [0.2, 0.25) is 0 Å². The minimum atomic E-state index is 0.663. The number of nitrogens with zero attached hydrogens (tertiary/aromatic N) is 1. The highest BCUT2D eigenvalue weighted by molar-refractivity contribution is 6.33. The van der Waals surface area contributed by atoms with Gasteiger partial charge in [-0.15, -0.1) is 0 Å². The molecule has 0 amide bonds. The molecule has 0 aliphatic carbocycles. The maximum atomic E-state index is 6.22. The van der Waals surface area contributed by atoms with Crippen molar-refractivity contribution in [2.45, 2.75) is 6.92 Å². The van der Waals surface area contributed by atoms with E-state index in [0.29, 0.717) is 5.02 Å². The molecule has 2 aromatic carbocycles. The topological polar surface area (TPSA) is 21.6 Å². The Morgan fingerprint density at radius 2 is 1.94 bits per heavy atom. The molecule has 0 aliphatic heterocycles. The zero-order valence-electron chi connectivity index (χ0n) is 10.4. The van der Waals surface area contributed by atoms with Crippen molar-refractivity contribution < 1.29 is 4.84 Å². The Hall–Kier alpha value is -1.80. The van der Waals surface area contributed by atoms with Gasteiger partial charge in [0, 0.05) is 5.56 Å². The summed E-state index contributed by atoms with van der Waals surface area (Å²) in [7, 11) is 1.51. The fourth-order valence-electron chi connectivity index (χ4n) is 1.81. The zero-order valence-corrected chi connectivity index (χ0v) is 11.1. The van der Waals surface area contributed by atoms with Gasteiger partial charge in [-0.25, -0.2) is 0 Å². The zero-order chi connectivity index (χ0) is 13.0. The Labute approximate surface area is 112 Å². The molecule has 0 aliphatic rings. The highest BCUT2D eigenvalue weighted by Gasteiger charge is 2.04. The summed E-state index contributed by atoms with van der Waals surface area (Å²) in [6.07, 6.45) is 1.60. The first-order valence-corrected chi connectivity index (χ1v) is 6.02. The first-order valence-electron chi connectivity index (χ1n) is 5.64. The minimum absolute atomic E-state index is 0.663. The Kier molecular flexibility index (Phi) is 4.00. The van der Waals surface area contributed by atoms with Gasteiger partial charge in [-0.2, -0.15) is 0 Å². The molecular weight excluding hydrogens is 246 g/mol. The van der Waals surface area contributed by atoms with Crippen LogP contribution < -0.4 is 0 Å². The predicted molar refractivity (Wildman–Crippen MR) is 76.2 cm³/mol. The number of benzene rings is 2.